The van der Waals surface area contributed by atoms with Gasteiger partial charge in [0.15, 0.2) is 4.80 Å². The molecule has 0 N–H and O–H groups in total. The first kappa shape index (κ1) is 23.8. The molecule has 0 radical (unpaired) electrons. The molecular weight excluding hydrogens is 476 g/mol. The molecule has 2 heterocycles. The molecule has 0 bridgehead atoms. The third-order valence-electron chi connectivity index (χ3n) is 5.42. The number of rotatable bonds is 6. The Morgan fingerprint density at radius 1 is 1.18 bits per heavy atom. The van der Waals surface area contributed by atoms with Crippen LogP contribution in [0.5, 0.6) is 11.5 Å². The predicted octanol–water partition coefficient (Wildman–Crippen LogP) is 3.47. The highest BCUT2D eigenvalue weighted by molar-refractivity contribution is 7.07. The molecule has 2 aromatic carbocycles. The van der Waals surface area contributed by atoms with Crippen LogP contribution in [0.2, 0.25) is 5.02 Å². The third-order valence-corrected chi connectivity index (χ3v) is 6.70. The smallest absolute Gasteiger partial charge is 0.338 e. The fourth-order valence-corrected chi connectivity index (χ4v) is 5.21. The Bertz CT molecular complexity index is 1470. The summed E-state index contributed by atoms with van der Waals surface area (Å²) in [5, 5.41) is 0.441. The Balaban J connectivity index is 1.96. The Morgan fingerprint density at radius 2 is 1.91 bits per heavy atom. The van der Waals surface area contributed by atoms with Gasteiger partial charge in [-0.25, -0.2) is 9.79 Å². The molecular formula is C25H23ClN2O5S. The van der Waals surface area contributed by atoms with Crippen LogP contribution in [0.4, 0.5) is 0 Å². The molecule has 0 saturated carbocycles. The number of ether oxygens (including phenoxy) is 3. The maximum Gasteiger partial charge on any atom is 0.338 e. The third kappa shape index (κ3) is 4.26. The molecule has 1 atom stereocenters. The molecule has 3 aromatic rings. The van der Waals surface area contributed by atoms with E-state index in [0.717, 1.165) is 5.56 Å². The number of para-hydroxylation sites is 1. The van der Waals surface area contributed by atoms with Crippen molar-refractivity contribution in [3.05, 3.63) is 89.6 Å². The van der Waals surface area contributed by atoms with Gasteiger partial charge in [0.05, 0.1) is 41.7 Å². The molecule has 9 heteroatoms. The van der Waals surface area contributed by atoms with Crippen LogP contribution in [0.25, 0.3) is 6.08 Å². The summed E-state index contributed by atoms with van der Waals surface area (Å²) in [6, 6.07) is 11.8. The summed E-state index contributed by atoms with van der Waals surface area (Å²) in [7, 11) is 3.09. The van der Waals surface area contributed by atoms with Gasteiger partial charge in [-0.1, -0.05) is 47.2 Å². The van der Waals surface area contributed by atoms with E-state index in [2.05, 4.69) is 4.99 Å². The first-order chi connectivity index (χ1) is 16.4. The fourth-order valence-electron chi connectivity index (χ4n) is 3.90. The molecule has 0 saturated heterocycles. The molecule has 1 aliphatic heterocycles. The minimum Gasteiger partial charge on any atom is -0.496 e. The molecule has 4 rings (SSSR count). The Kier molecular flexibility index (Phi) is 6.90. The SMILES string of the molecule is CCOC(=O)C1=C(C)N=c2s/c(=C/c3ccc(OC)c(Cl)c3)c(=O)n2[C@@H]1c1ccccc1OC. The molecule has 7 nitrogen and oxygen atoms in total. The van der Waals surface area contributed by atoms with Gasteiger partial charge in [-0.05, 0) is 43.7 Å². The van der Waals surface area contributed by atoms with E-state index in [1.54, 1.807) is 52.3 Å². The highest BCUT2D eigenvalue weighted by Crippen LogP contribution is 2.35. The summed E-state index contributed by atoms with van der Waals surface area (Å²) >= 11 is 7.50. The molecule has 34 heavy (non-hydrogen) atoms. The molecule has 0 spiro atoms. The first-order valence-corrected chi connectivity index (χ1v) is 11.7. The van der Waals surface area contributed by atoms with Crippen molar-refractivity contribution in [2.24, 2.45) is 4.99 Å². The van der Waals surface area contributed by atoms with Gasteiger partial charge in [0.2, 0.25) is 0 Å². The second-order valence-electron chi connectivity index (χ2n) is 7.44. The number of esters is 1. The summed E-state index contributed by atoms with van der Waals surface area (Å²) in [5.74, 6) is 0.586. The van der Waals surface area contributed by atoms with E-state index in [4.69, 9.17) is 25.8 Å². The topological polar surface area (TPSA) is 79.1 Å². The van der Waals surface area contributed by atoms with Crippen LogP contribution < -0.4 is 24.4 Å². The molecule has 0 amide bonds. The average molecular weight is 499 g/mol. The quantitative estimate of drug-likeness (QED) is 0.486. The Hall–Kier alpha value is -3.36. The van der Waals surface area contributed by atoms with Crippen LogP contribution >= 0.6 is 22.9 Å². The second-order valence-corrected chi connectivity index (χ2v) is 8.85. The van der Waals surface area contributed by atoms with Gasteiger partial charge < -0.3 is 14.2 Å². The molecule has 0 fully saturated rings. The number of carbonyl (C=O) groups excluding carboxylic acids is 1. The van der Waals surface area contributed by atoms with Crippen molar-refractivity contribution >= 4 is 35.0 Å². The van der Waals surface area contributed by atoms with Crippen LogP contribution in [0, 0.1) is 0 Å². The van der Waals surface area contributed by atoms with Crippen molar-refractivity contribution < 1.29 is 19.0 Å². The number of hydrogen-bond acceptors (Lipinski definition) is 7. The van der Waals surface area contributed by atoms with Crippen LogP contribution in [-0.4, -0.2) is 31.4 Å². The second kappa shape index (κ2) is 9.87. The molecule has 1 aliphatic rings. The van der Waals surface area contributed by atoms with Gasteiger partial charge >= 0.3 is 5.97 Å². The van der Waals surface area contributed by atoms with E-state index < -0.39 is 12.0 Å². The lowest BCUT2D eigenvalue weighted by molar-refractivity contribution is -0.139. The number of fused-ring (bicyclic) bond motifs is 1. The lowest BCUT2D eigenvalue weighted by atomic mass is 9.95. The summed E-state index contributed by atoms with van der Waals surface area (Å²) in [6.45, 7) is 3.69. The summed E-state index contributed by atoms with van der Waals surface area (Å²) in [5.41, 5.74) is 1.93. The van der Waals surface area contributed by atoms with Gasteiger partial charge in [0.25, 0.3) is 5.56 Å². The number of thiazole rings is 1. The lowest BCUT2D eigenvalue weighted by Gasteiger charge is -2.25. The van der Waals surface area contributed by atoms with E-state index in [0.29, 0.717) is 42.7 Å². The molecule has 0 unspecified atom stereocenters. The highest BCUT2D eigenvalue weighted by atomic mass is 35.5. The van der Waals surface area contributed by atoms with Crippen molar-refractivity contribution in [2.75, 3.05) is 20.8 Å². The summed E-state index contributed by atoms with van der Waals surface area (Å²) < 4.78 is 18.1. The van der Waals surface area contributed by atoms with E-state index in [9.17, 15) is 9.59 Å². The van der Waals surface area contributed by atoms with Crippen LogP contribution in [0.15, 0.2) is 63.5 Å². The molecule has 1 aromatic heterocycles. The number of methoxy groups -OCH3 is 2. The Labute approximate surface area is 205 Å². The van der Waals surface area contributed by atoms with Gasteiger partial charge in [0, 0.05) is 5.56 Å². The average Bonchev–Trinajstić information content (AvgIpc) is 3.12. The number of hydrogen-bond donors (Lipinski definition) is 0. The zero-order valence-corrected chi connectivity index (χ0v) is 20.7. The maximum atomic E-state index is 13.7. The molecule has 176 valence electrons. The van der Waals surface area contributed by atoms with Crippen molar-refractivity contribution in [1.82, 2.24) is 4.57 Å². The lowest BCUT2D eigenvalue weighted by Crippen LogP contribution is -2.40. The van der Waals surface area contributed by atoms with Crippen molar-refractivity contribution in [3.63, 3.8) is 0 Å². The van der Waals surface area contributed by atoms with Crippen molar-refractivity contribution in [1.29, 1.82) is 0 Å². The van der Waals surface area contributed by atoms with Crippen molar-refractivity contribution in [3.8, 4) is 11.5 Å². The number of allylic oxidation sites excluding steroid dienone is 1. The number of nitrogens with zero attached hydrogens (tertiary/aromatic N) is 2. The van der Waals surface area contributed by atoms with Gasteiger partial charge in [-0.2, -0.15) is 0 Å². The minimum atomic E-state index is -0.743. The van der Waals surface area contributed by atoms with Gasteiger partial charge in [-0.15, -0.1) is 0 Å². The zero-order chi connectivity index (χ0) is 24.4. The van der Waals surface area contributed by atoms with Gasteiger partial charge in [0.1, 0.15) is 17.5 Å². The van der Waals surface area contributed by atoms with Crippen molar-refractivity contribution in [2.45, 2.75) is 19.9 Å². The normalized spacial score (nSPS) is 15.6. The van der Waals surface area contributed by atoms with E-state index >= 15 is 0 Å². The van der Waals surface area contributed by atoms with Crippen LogP contribution in [-0.2, 0) is 9.53 Å². The fraction of sp³-hybridized carbons (Fsp3) is 0.240. The first-order valence-electron chi connectivity index (χ1n) is 10.6. The monoisotopic (exact) mass is 498 g/mol. The highest BCUT2D eigenvalue weighted by Gasteiger charge is 2.34. The van der Waals surface area contributed by atoms with Gasteiger partial charge in [-0.3, -0.25) is 9.36 Å². The summed E-state index contributed by atoms with van der Waals surface area (Å²) in [6.07, 6.45) is 1.75. The zero-order valence-electron chi connectivity index (χ0n) is 19.1. The molecule has 0 aliphatic carbocycles. The number of benzene rings is 2. The number of halogens is 1. The van der Waals surface area contributed by atoms with E-state index in [-0.39, 0.29) is 12.2 Å². The van der Waals surface area contributed by atoms with Crippen LogP contribution in [0.1, 0.15) is 31.0 Å². The van der Waals surface area contributed by atoms with E-state index in [1.165, 1.54) is 15.9 Å². The standard InChI is InChI=1S/C25H23ClN2O5S/c1-5-33-24(30)21-14(2)27-25-28(22(21)16-8-6-7-9-18(16)31-3)23(29)20(34-25)13-15-10-11-19(32-4)17(26)12-15/h6-13,22H,5H2,1-4H3/b20-13+/t22-/m1/s1. The largest absolute Gasteiger partial charge is 0.496 e. The number of aromatic nitrogens is 1. The predicted molar refractivity (Wildman–Crippen MR) is 131 cm³/mol. The van der Waals surface area contributed by atoms with E-state index in [1.807, 2.05) is 24.3 Å². The maximum absolute atomic E-state index is 13.7. The van der Waals surface area contributed by atoms with Crippen LogP contribution in [0.3, 0.4) is 0 Å². The number of carbonyl (C=O) groups is 1. The summed E-state index contributed by atoms with van der Waals surface area (Å²) in [4.78, 5) is 31.7. The minimum absolute atomic E-state index is 0.205. The Morgan fingerprint density at radius 3 is 2.59 bits per heavy atom.